The van der Waals surface area contributed by atoms with E-state index in [9.17, 15) is 0 Å². The Labute approximate surface area is 161 Å². The normalized spacial score (nSPS) is 22.1. The van der Waals surface area contributed by atoms with Gasteiger partial charge >= 0.3 is 0 Å². The summed E-state index contributed by atoms with van der Waals surface area (Å²) in [6.45, 7) is 6.40. The van der Waals surface area contributed by atoms with Gasteiger partial charge in [-0.15, -0.1) is 0 Å². The van der Waals surface area contributed by atoms with Crippen molar-refractivity contribution in [3.05, 3.63) is 60.7 Å². The quantitative estimate of drug-likeness (QED) is 0.626. The van der Waals surface area contributed by atoms with Gasteiger partial charge in [0.05, 0.1) is 12.7 Å². The molecule has 1 heterocycles. The van der Waals surface area contributed by atoms with Crippen LogP contribution in [0.5, 0.6) is 0 Å². The van der Waals surface area contributed by atoms with Crippen LogP contribution < -0.4 is 0 Å². The minimum absolute atomic E-state index is 0.308. The van der Waals surface area contributed by atoms with E-state index in [1.54, 1.807) is 6.33 Å². The van der Waals surface area contributed by atoms with Crippen LogP contribution in [0.1, 0.15) is 38.7 Å². The molecule has 4 rings (SSSR count). The molecular formula is C23H29N3O. The lowest BCUT2D eigenvalue weighted by molar-refractivity contribution is -0.0433. The minimum Gasteiger partial charge on any atom is -0.378 e. The number of rotatable bonds is 6. The zero-order chi connectivity index (χ0) is 18.7. The van der Waals surface area contributed by atoms with E-state index in [1.165, 1.54) is 29.2 Å². The molecule has 0 aliphatic heterocycles. The van der Waals surface area contributed by atoms with Crippen molar-refractivity contribution in [2.24, 2.45) is 11.3 Å². The highest BCUT2D eigenvalue weighted by atomic mass is 16.5. The maximum Gasteiger partial charge on any atom is 0.137 e. The lowest BCUT2D eigenvalue weighted by Crippen LogP contribution is -2.38. The Balaban J connectivity index is 1.37. The van der Waals surface area contributed by atoms with E-state index >= 15 is 0 Å². The van der Waals surface area contributed by atoms with Crippen molar-refractivity contribution >= 4 is 10.8 Å². The maximum absolute atomic E-state index is 6.39. The van der Waals surface area contributed by atoms with Crippen molar-refractivity contribution in [1.29, 1.82) is 0 Å². The number of ether oxygens (including phenoxy) is 1. The van der Waals surface area contributed by atoms with Gasteiger partial charge in [-0.1, -0.05) is 56.3 Å². The highest BCUT2D eigenvalue weighted by Gasteiger charge is 2.35. The summed E-state index contributed by atoms with van der Waals surface area (Å²) in [7, 11) is 0. The summed E-state index contributed by atoms with van der Waals surface area (Å²) in [6, 6.07) is 15.2. The predicted molar refractivity (Wildman–Crippen MR) is 109 cm³/mol. The minimum atomic E-state index is 0.308. The van der Waals surface area contributed by atoms with Crippen molar-refractivity contribution in [3.8, 4) is 0 Å². The summed E-state index contributed by atoms with van der Waals surface area (Å²) in [4.78, 5) is 4.09. The van der Waals surface area contributed by atoms with E-state index in [0.717, 1.165) is 26.0 Å². The molecule has 2 atom stereocenters. The second kappa shape index (κ2) is 7.81. The summed E-state index contributed by atoms with van der Waals surface area (Å²) >= 11 is 0. The first-order valence-corrected chi connectivity index (χ1v) is 10.0. The summed E-state index contributed by atoms with van der Waals surface area (Å²) < 4.78 is 8.34. The van der Waals surface area contributed by atoms with Crippen molar-refractivity contribution < 1.29 is 4.74 Å². The van der Waals surface area contributed by atoms with Gasteiger partial charge in [0.25, 0.3) is 0 Å². The molecule has 2 aromatic carbocycles. The molecule has 27 heavy (non-hydrogen) atoms. The maximum atomic E-state index is 6.39. The molecule has 0 N–H and O–H groups in total. The average Bonchev–Trinajstić information content (AvgIpc) is 3.16. The Morgan fingerprint density at radius 3 is 2.81 bits per heavy atom. The van der Waals surface area contributed by atoms with Crippen molar-refractivity contribution in [2.45, 2.75) is 52.2 Å². The van der Waals surface area contributed by atoms with Crippen LogP contribution in [0, 0.1) is 11.3 Å². The Hall–Kier alpha value is -2.20. The molecule has 0 amide bonds. The Kier molecular flexibility index (Phi) is 5.26. The molecule has 3 aromatic rings. The van der Waals surface area contributed by atoms with E-state index < -0.39 is 0 Å². The van der Waals surface area contributed by atoms with Crippen LogP contribution in [0.15, 0.2) is 55.1 Å². The third-order valence-electron chi connectivity index (χ3n) is 5.87. The molecule has 0 spiro atoms. The van der Waals surface area contributed by atoms with Crippen molar-refractivity contribution in [2.75, 3.05) is 6.61 Å². The topological polar surface area (TPSA) is 39.9 Å². The summed E-state index contributed by atoms with van der Waals surface area (Å²) in [5.74, 6) is 0.493. The highest BCUT2D eigenvalue weighted by molar-refractivity contribution is 5.82. The summed E-state index contributed by atoms with van der Waals surface area (Å²) in [5.41, 5.74) is 1.72. The number of aromatic nitrogens is 3. The number of hydrogen-bond acceptors (Lipinski definition) is 3. The fourth-order valence-corrected chi connectivity index (χ4v) is 4.40. The number of benzene rings is 2. The van der Waals surface area contributed by atoms with Gasteiger partial charge in [-0.3, -0.25) is 4.68 Å². The average molecular weight is 364 g/mol. The van der Waals surface area contributed by atoms with Gasteiger partial charge in [-0.25, -0.2) is 4.98 Å². The van der Waals surface area contributed by atoms with Crippen LogP contribution in [-0.4, -0.2) is 27.5 Å². The fraction of sp³-hybridized carbons (Fsp3) is 0.478. The second-order valence-electron chi connectivity index (χ2n) is 8.63. The molecule has 1 fully saturated rings. The molecule has 0 radical (unpaired) electrons. The van der Waals surface area contributed by atoms with Crippen molar-refractivity contribution in [3.63, 3.8) is 0 Å². The molecule has 1 aliphatic carbocycles. The molecular weight excluding hydrogens is 334 g/mol. The second-order valence-corrected chi connectivity index (χ2v) is 8.63. The number of nitrogens with zero attached hydrogens (tertiary/aromatic N) is 3. The number of hydrogen-bond donors (Lipinski definition) is 0. The molecule has 0 saturated heterocycles. The zero-order valence-corrected chi connectivity index (χ0v) is 16.3. The third-order valence-corrected chi connectivity index (χ3v) is 5.87. The lowest BCUT2D eigenvalue weighted by Gasteiger charge is -2.40. The smallest absolute Gasteiger partial charge is 0.137 e. The van der Waals surface area contributed by atoms with Crippen LogP contribution in [0.4, 0.5) is 0 Å². The van der Waals surface area contributed by atoms with Crippen LogP contribution in [0.3, 0.4) is 0 Å². The summed E-state index contributed by atoms with van der Waals surface area (Å²) in [6.07, 6.45) is 8.22. The van der Waals surface area contributed by atoms with Gasteiger partial charge in [-0.2, -0.15) is 5.10 Å². The van der Waals surface area contributed by atoms with Gasteiger partial charge in [0.15, 0.2) is 0 Å². The first-order chi connectivity index (χ1) is 13.1. The van der Waals surface area contributed by atoms with Gasteiger partial charge in [-0.05, 0) is 47.4 Å². The van der Waals surface area contributed by atoms with Gasteiger partial charge in [0, 0.05) is 12.5 Å². The Morgan fingerprint density at radius 1 is 1.15 bits per heavy atom. The van der Waals surface area contributed by atoms with E-state index in [0.29, 0.717) is 17.4 Å². The third kappa shape index (κ3) is 4.56. The molecule has 4 nitrogen and oxygen atoms in total. The first-order valence-electron chi connectivity index (χ1n) is 10.0. The summed E-state index contributed by atoms with van der Waals surface area (Å²) in [5, 5.41) is 6.90. The van der Waals surface area contributed by atoms with E-state index in [2.05, 4.69) is 66.4 Å². The monoisotopic (exact) mass is 363 g/mol. The molecule has 4 heteroatoms. The molecule has 1 aliphatic rings. The number of fused-ring (bicyclic) bond motifs is 1. The Bertz CT molecular complexity index is 872. The van der Waals surface area contributed by atoms with E-state index in [-0.39, 0.29) is 0 Å². The molecule has 1 aromatic heterocycles. The largest absolute Gasteiger partial charge is 0.378 e. The van der Waals surface area contributed by atoms with Crippen LogP contribution in [-0.2, 0) is 17.7 Å². The van der Waals surface area contributed by atoms with Gasteiger partial charge in [0.1, 0.15) is 12.7 Å². The highest BCUT2D eigenvalue weighted by Crippen LogP contribution is 2.40. The van der Waals surface area contributed by atoms with E-state index in [1.807, 2.05) is 11.0 Å². The fourth-order valence-electron chi connectivity index (χ4n) is 4.40. The lowest BCUT2D eigenvalue weighted by atomic mass is 9.71. The first kappa shape index (κ1) is 18.2. The van der Waals surface area contributed by atoms with Crippen LogP contribution in [0.2, 0.25) is 0 Å². The Morgan fingerprint density at radius 2 is 2.00 bits per heavy atom. The zero-order valence-electron chi connectivity index (χ0n) is 16.3. The molecule has 1 saturated carbocycles. The van der Waals surface area contributed by atoms with Crippen LogP contribution >= 0.6 is 0 Å². The van der Waals surface area contributed by atoms with Crippen LogP contribution in [0.25, 0.3) is 10.8 Å². The molecule has 142 valence electrons. The standard InChI is InChI=1S/C23H29N3O/c1-23(2)11-9-22(21(14-23)15-26-17-24-16-25-26)27-12-10-18-7-8-19-5-3-4-6-20(19)13-18/h3-8,13,16-17,21-22H,9-12,14-15H2,1-2H3/t21-,22+/m0/s1. The van der Waals surface area contributed by atoms with Crippen molar-refractivity contribution in [1.82, 2.24) is 14.8 Å². The SMILES string of the molecule is CC1(C)CC[C@@H](OCCc2ccc3ccccc3c2)[C@H](Cn2cncn2)C1. The van der Waals surface area contributed by atoms with Gasteiger partial charge < -0.3 is 4.74 Å². The molecule has 0 bridgehead atoms. The molecule has 0 unspecified atom stereocenters. The van der Waals surface area contributed by atoms with E-state index in [4.69, 9.17) is 4.74 Å². The van der Waals surface area contributed by atoms with Gasteiger partial charge in [0.2, 0.25) is 0 Å². The predicted octanol–water partition coefficient (Wildman–Crippen LogP) is 4.89.